The Labute approximate surface area is 79.8 Å². The molecule has 0 aliphatic carbocycles. The average Bonchev–Trinajstić information content (AvgIpc) is 2.01. The predicted octanol–water partition coefficient (Wildman–Crippen LogP) is 1.70. The molecule has 0 heterocycles. The summed E-state index contributed by atoms with van der Waals surface area (Å²) >= 11 is 2.25. The molecule has 60 valence electrons. The molecule has 0 aliphatic rings. The lowest BCUT2D eigenvalue weighted by Gasteiger charge is -2.03. The summed E-state index contributed by atoms with van der Waals surface area (Å²) in [6.07, 6.45) is 0. The first-order valence-electron chi connectivity index (χ1n) is 3.43. The number of halogens is 1. The summed E-state index contributed by atoms with van der Waals surface area (Å²) in [7, 11) is 0. The largest absolute Gasteiger partial charge is 0.395 e. The van der Waals surface area contributed by atoms with Crippen LogP contribution < -0.4 is 5.32 Å². The van der Waals surface area contributed by atoms with Gasteiger partial charge in [-0.2, -0.15) is 0 Å². The summed E-state index contributed by atoms with van der Waals surface area (Å²) in [6, 6.07) is 8.04. The molecule has 1 rings (SSSR count). The lowest BCUT2D eigenvalue weighted by atomic mass is 10.3. The molecule has 0 radical (unpaired) electrons. The molecule has 0 bridgehead atoms. The van der Waals surface area contributed by atoms with E-state index in [4.69, 9.17) is 5.11 Å². The standard InChI is InChI=1S/C8H10INO/c9-7-2-1-3-8(6-7)10-4-5-11/h1-3,6,10-11H,4-5H2. The van der Waals surface area contributed by atoms with Crippen LogP contribution in [0.1, 0.15) is 0 Å². The fourth-order valence-corrected chi connectivity index (χ4v) is 1.34. The minimum absolute atomic E-state index is 0.172. The van der Waals surface area contributed by atoms with Crippen molar-refractivity contribution in [1.82, 2.24) is 0 Å². The molecule has 0 atom stereocenters. The van der Waals surface area contributed by atoms with Crippen LogP contribution in [0.2, 0.25) is 0 Å². The number of benzene rings is 1. The van der Waals surface area contributed by atoms with E-state index in [9.17, 15) is 0 Å². The Morgan fingerprint density at radius 2 is 2.27 bits per heavy atom. The van der Waals surface area contributed by atoms with E-state index in [0.717, 1.165) is 5.69 Å². The quantitative estimate of drug-likeness (QED) is 0.813. The van der Waals surface area contributed by atoms with Crippen LogP contribution >= 0.6 is 22.6 Å². The molecular weight excluding hydrogens is 253 g/mol. The average molecular weight is 263 g/mol. The zero-order valence-corrected chi connectivity index (χ0v) is 8.21. The minimum Gasteiger partial charge on any atom is -0.395 e. The number of anilines is 1. The van der Waals surface area contributed by atoms with Gasteiger partial charge in [0.2, 0.25) is 0 Å². The van der Waals surface area contributed by atoms with E-state index in [0.29, 0.717) is 6.54 Å². The van der Waals surface area contributed by atoms with E-state index in [-0.39, 0.29) is 6.61 Å². The number of aliphatic hydroxyl groups excluding tert-OH is 1. The normalized spacial score (nSPS) is 9.64. The van der Waals surface area contributed by atoms with Crippen LogP contribution in [0.25, 0.3) is 0 Å². The van der Waals surface area contributed by atoms with Gasteiger partial charge in [-0.1, -0.05) is 6.07 Å². The Balaban J connectivity index is 2.56. The molecule has 1 aromatic rings. The first-order chi connectivity index (χ1) is 5.33. The molecular formula is C8H10INO. The first kappa shape index (κ1) is 8.80. The summed E-state index contributed by atoms with van der Waals surface area (Å²) < 4.78 is 1.20. The molecule has 0 saturated carbocycles. The maximum atomic E-state index is 8.53. The molecule has 0 aliphatic heterocycles. The van der Waals surface area contributed by atoms with Crippen LogP contribution in [0.4, 0.5) is 5.69 Å². The highest BCUT2D eigenvalue weighted by atomic mass is 127. The van der Waals surface area contributed by atoms with Gasteiger partial charge in [-0.3, -0.25) is 0 Å². The van der Waals surface area contributed by atoms with Crippen molar-refractivity contribution in [3.05, 3.63) is 27.8 Å². The van der Waals surface area contributed by atoms with E-state index in [2.05, 4.69) is 27.9 Å². The molecule has 2 nitrogen and oxygen atoms in total. The van der Waals surface area contributed by atoms with E-state index < -0.39 is 0 Å². The Bertz CT molecular complexity index is 227. The van der Waals surface area contributed by atoms with Crippen LogP contribution in [0.15, 0.2) is 24.3 Å². The molecule has 0 fully saturated rings. The highest BCUT2D eigenvalue weighted by molar-refractivity contribution is 14.1. The maximum absolute atomic E-state index is 8.53. The molecule has 0 saturated heterocycles. The van der Waals surface area contributed by atoms with Crippen LogP contribution in [-0.4, -0.2) is 18.3 Å². The Kier molecular flexibility index (Phi) is 3.65. The Hall–Kier alpha value is -0.290. The van der Waals surface area contributed by atoms with Gasteiger partial charge < -0.3 is 10.4 Å². The predicted molar refractivity (Wildman–Crippen MR) is 54.7 cm³/mol. The van der Waals surface area contributed by atoms with Crippen molar-refractivity contribution in [3.8, 4) is 0 Å². The molecule has 1 aromatic carbocycles. The van der Waals surface area contributed by atoms with Crippen molar-refractivity contribution < 1.29 is 5.11 Å². The third-order valence-corrected chi connectivity index (χ3v) is 1.94. The highest BCUT2D eigenvalue weighted by Crippen LogP contribution is 2.11. The summed E-state index contributed by atoms with van der Waals surface area (Å²) in [5, 5.41) is 11.6. The fourth-order valence-electron chi connectivity index (χ4n) is 0.799. The second kappa shape index (κ2) is 4.56. The summed E-state index contributed by atoms with van der Waals surface area (Å²) in [5.41, 5.74) is 1.06. The Morgan fingerprint density at radius 1 is 1.45 bits per heavy atom. The van der Waals surface area contributed by atoms with Gasteiger partial charge in [-0.25, -0.2) is 0 Å². The SMILES string of the molecule is OCCNc1cccc(I)c1. The lowest BCUT2D eigenvalue weighted by molar-refractivity contribution is 0.311. The molecule has 11 heavy (non-hydrogen) atoms. The number of rotatable bonds is 3. The zero-order valence-electron chi connectivity index (χ0n) is 6.05. The van der Waals surface area contributed by atoms with Gasteiger partial charge in [0.05, 0.1) is 6.61 Å². The lowest BCUT2D eigenvalue weighted by Crippen LogP contribution is -2.04. The third kappa shape index (κ3) is 3.07. The second-order valence-corrected chi connectivity index (χ2v) is 3.41. The van der Waals surface area contributed by atoms with Crippen LogP contribution in [-0.2, 0) is 0 Å². The number of nitrogens with one attached hydrogen (secondary N) is 1. The molecule has 0 aromatic heterocycles. The molecule has 0 unspecified atom stereocenters. The van der Waals surface area contributed by atoms with Crippen molar-refractivity contribution in [2.75, 3.05) is 18.5 Å². The zero-order chi connectivity index (χ0) is 8.10. The topological polar surface area (TPSA) is 32.3 Å². The first-order valence-corrected chi connectivity index (χ1v) is 4.51. The van der Waals surface area contributed by atoms with E-state index >= 15 is 0 Å². The molecule has 0 spiro atoms. The van der Waals surface area contributed by atoms with Crippen LogP contribution in [0, 0.1) is 3.57 Å². The van der Waals surface area contributed by atoms with Gasteiger partial charge in [0.15, 0.2) is 0 Å². The van der Waals surface area contributed by atoms with Gasteiger partial charge in [0, 0.05) is 15.8 Å². The van der Waals surface area contributed by atoms with E-state index in [1.165, 1.54) is 3.57 Å². The number of aliphatic hydroxyl groups is 1. The monoisotopic (exact) mass is 263 g/mol. The molecule has 3 heteroatoms. The number of hydrogen-bond acceptors (Lipinski definition) is 2. The summed E-state index contributed by atoms with van der Waals surface area (Å²) in [5.74, 6) is 0. The molecule has 0 amide bonds. The van der Waals surface area contributed by atoms with Gasteiger partial charge in [-0.15, -0.1) is 0 Å². The van der Waals surface area contributed by atoms with Crippen molar-refractivity contribution in [2.45, 2.75) is 0 Å². The van der Waals surface area contributed by atoms with Gasteiger partial charge in [-0.05, 0) is 40.8 Å². The fraction of sp³-hybridized carbons (Fsp3) is 0.250. The molecule has 2 N–H and O–H groups in total. The highest BCUT2D eigenvalue weighted by Gasteiger charge is 1.90. The van der Waals surface area contributed by atoms with Crippen LogP contribution in [0.3, 0.4) is 0 Å². The minimum atomic E-state index is 0.172. The van der Waals surface area contributed by atoms with E-state index in [1.807, 2.05) is 24.3 Å². The maximum Gasteiger partial charge on any atom is 0.0604 e. The van der Waals surface area contributed by atoms with Gasteiger partial charge >= 0.3 is 0 Å². The third-order valence-electron chi connectivity index (χ3n) is 1.27. The smallest absolute Gasteiger partial charge is 0.0604 e. The van der Waals surface area contributed by atoms with Gasteiger partial charge in [0.1, 0.15) is 0 Å². The van der Waals surface area contributed by atoms with Gasteiger partial charge in [0.25, 0.3) is 0 Å². The van der Waals surface area contributed by atoms with Crippen molar-refractivity contribution in [3.63, 3.8) is 0 Å². The Morgan fingerprint density at radius 3 is 2.91 bits per heavy atom. The number of hydrogen-bond donors (Lipinski definition) is 2. The summed E-state index contributed by atoms with van der Waals surface area (Å²) in [4.78, 5) is 0. The van der Waals surface area contributed by atoms with Crippen LogP contribution in [0.5, 0.6) is 0 Å². The van der Waals surface area contributed by atoms with Crippen molar-refractivity contribution in [2.24, 2.45) is 0 Å². The summed E-state index contributed by atoms with van der Waals surface area (Å²) in [6.45, 7) is 0.783. The van der Waals surface area contributed by atoms with E-state index in [1.54, 1.807) is 0 Å². The second-order valence-electron chi connectivity index (χ2n) is 2.16. The van der Waals surface area contributed by atoms with Crippen molar-refractivity contribution >= 4 is 28.3 Å². The van der Waals surface area contributed by atoms with Crippen molar-refractivity contribution in [1.29, 1.82) is 0 Å².